The fraction of sp³-hybridized carbons (Fsp3) is 0.526. The highest BCUT2D eigenvalue weighted by Gasteiger charge is 2.30. The summed E-state index contributed by atoms with van der Waals surface area (Å²) < 4.78 is 2.21. The van der Waals surface area contributed by atoms with Crippen molar-refractivity contribution in [1.82, 2.24) is 29.6 Å². The van der Waals surface area contributed by atoms with Crippen LogP contribution in [-0.2, 0) is 13.6 Å². The number of aromatic amines is 1. The summed E-state index contributed by atoms with van der Waals surface area (Å²) in [6.45, 7) is 3.04. The van der Waals surface area contributed by atoms with E-state index in [9.17, 15) is 0 Å². The van der Waals surface area contributed by atoms with Crippen molar-refractivity contribution in [3.63, 3.8) is 0 Å². The highest BCUT2D eigenvalue weighted by Crippen LogP contribution is 2.39. The molecule has 1 N–H and O–H groups in total. The first-order valence-electron chi connectivity index (χ1n) is 9.33. The first kappa shape index (κ1) is 15.1. The minimum absolute atomic E-state index is 0.470. The van der Waals surface area contributed by atoms with Crippen molar-refractivity contribution in [3.8, 4) is 0 Å². The number of likely N-dealkylation sites (tertiary alicyclic amines) is 1. The van der Waals surface area contributed by atoms with Gasteiger partial charge in [0, 0.05) is 25.4 Å². The van der Waals surface area contributed by atoms with Crippen LogP contribution in [0.5, 0.6) is 0 Å². The Labute approximate surface area is 147 Å². The SMILES string of the molecule is Cn1c(CN2CCC[C@@H](c3nc4ccccc4[nH]3)C2)nnc1C1CC1. The fourth-order valence-corrected chi connectivity index (χ4v) is 4.00. The van der Waals surface area contributed by atoms with E-state index in [1.165, 1.54) is 31.5 Å². The van der Waals surface area contributed by atoms with E-state index >= 15 is 0 Å². The molecule has 0 radical (unpaired) electrons. The molecule has 2 aromatic heterocycles. The van der Waals surface area contributed by atoms with E-state index in [1.807, 2.05) is 6.07 Å². The van der Waals surface area contributed by atoms with Gasteiger partial charge in [-0.3, -0.25) is 4.90 Å². The van der Waals surface area contributed by atoms with Gasteiger partial charge in [0.15, 0.2) is 0 Å². The molecule has 3 aromatic rings. The third-order valence-electron chi connectivity index (χ3n) is 5.61. The number of nitrogens with one attached hydrogen (secondary N) is 1. The molecular formula is C19H24N6. The molecule has 1 saturated carbocycles. The monoisotopic (exact) mass is 336 g/mol. The fourth-order valence-electron chi connectivity index (χ4n) is 4.00. The number of hydrogen-bond donors (Lipinski definition) is 1. The highest BCUT2D eigenvalue weighted by molar-refractivity contribution is 5.74. The van der Waals surface area contributed by atoms with Crippen molar-refractivity contribution in [2.24, 2.45) is 7.05 Å². The van der Waals surface area contributed by atoms with Crippen LogP contribution in [-0.4, -0.2) is 42.7 Å². The van der Waals surface area contributed by atoms with Gasteiger partial charge in [0.2, 0.25) is 0 Å². The topological polar surface area (TPSA) is 62.6 Å². The average molecular weight is 336 g/mol. The molecule has 0 amide bonds. The Kier molecular flexibility index (Phi) is 3.59. The second-order valence-corrected chi connectivity index (χ2v) is 7.52. The molecule has 0 unspecified atom stereocenters. The number of para-hydroxylation sites is 2. The number of benzene rings is 1. The Morgan fingerprint density at radius 2 is 2.00 bits per heavy atom. The number of H-pyrrole nitrogens is 1. The molecule has 1 aromatic carbocycles. The molecule has 5 rings (SSSR count). The van der Waals surface area contributed by atoms with E-state index in [1.54, 1.807) is 0 Å². The van der Waals surface area contributed by atoms with E-state index in [4.69, 9.17) is 4.98 Å². The third kappa shape index (κ3) is 2.84. The van der Waals surface area contributed by atoms with Gasteiger partial charge in [-0.15, -0.1) is 10.2 Å². The molecule has 6 nitrogen and oxygen atoms in total. The predicted molar refractivity (Wildman–Crippen MR) is 96.3 cm³/mol. The smallest absolute Gasteiger partial charge is 0.146 e. The summed E-state index contributed by atoms with van der Waals surface area (Å²) in [6, 6.07) is 8.29. The second-order valence-electron chi connectivity index (χ2n) is 7.52. The van der Waals surface area contributed by atoms with Crippen LogP contribution in [0.25, 0.3) is 11.0 Å². The average Bonchev–Trinajstić information content (AvgIpc) is 3.28. The van der Waals surface area contributed by atoms with Gasteiger partial charge in [0.1, 0.15) is 17.5 Å². The quantitative estimate of drug-likeness (QED) is 0.796. The van der Waals surface area contributed by atoms with Crippen molar-refractivity contribution >= 4 is 11.0 Å². The van der Waals surface area contributed by atoms with Crippen LogP contribution in [0.4, 0.5) is 0 Å². The Hall–Kier alpha value is -2.21. The van der Waals surface area contributed by atoms with Crippen molar-refractivity contribution < 1.29 is 0 Å². The molecule has 25 heavy (non-hydrogen) atoms. The molecule has 0 spiro atoms. The summed E-state index contributed by atoms with van der Waals surface area (Å²) in [5, 5.41) is 8.87. The third-order valence-corrected chi connectivity index (χ3v) is 5.61. The van der Waals surface area contributed by atoms with Gasteiger partial charge in [0.05, 0.1) is 17.6 Å². The van der Waals surface area contributed by atoms with E-state index in [0.29, 0.717) is 11.8 Å². The molecule has 1 aliphatic heterocycles. The van der Waals surface area contributed by atoms with Crippen LogP contribution in [0.1, 0.15) is 55.0 Å². The lowest BCUT2D eigenvalue weighted by Crippen LogP contribution is -2.35. The normalized spacial score (nSPS) is 21.9. The summed E-state index contributed by atoms with van der Waals surface area (Å²) in [6.07, 6.45) is 4.94. The summed E-state index contributed by atoms with van der Waals surface area (Å²) in [7, 11) is 2.11. The van der Waals surface area contributed by atoms with Crippen LogP contribution >= 0.6 is 0 Å². The lowest BCUT2D eigenvalue weighted by atomic mass is 9.97. The van der Waals surface area contributed by atoms with Crippen molar-refractivity contribution in [2.75, 3.05) is 13.1 Å². The Morgan fingerprint density at radius 1 is 1.12 bits per heavy atom. The zero-order valence-corrected chi connectivity index (χ0v) is 14.6. The van der Waals surface area contributed by atoms with E-state index in [-0.39, 0.29) is 0 Å². The maximum Gasteiger partial charge on any atom is 0.146 e. The Morgan fingerprint density at radius 3 is 2.84 bits per heavy atom. The van der Waals surface area contributed by atoms with Gasteiger partial charge >= 0.3 is 0 Å². The van der Waals surface area contributed by atoms with Crippen LogP contribution in [0.3, 0.4) is 0 Å². The van der Waals surface area contributed by atoms with E-state index < -0.39 is 0 Å². The van der Waals surface area contributed by atoms with E-state index in [2.05, 4.69) is 49.9 Å². The first-order valence-corrected chi connectivity index (χ1v) is 9.33. The first-order chi connectivity index (χ1) is 12.3. The van der Waals surface area contributed by atoms with Gasteiger partial charge < -0.3 is 9.55 Å². The van der Waals surface area contributed by atoms with Gasteiger partial charge in [-0.25, -0.2) is 4.98 Å². The molecule has 3 heterocycles. The summed E-state index contributed by atoms with van der Waals surface area (Å²) >= 11 is 0. The molecule has 1 aliphatic carbocycles. The number of hydrogen-bond acceptors (Lipinski definition) is 4. The van der Waals surface area contributed by atoms with Crippen molar-refractivity contribution in [1.29, 1.82) is 0 Å². The molecule has 0 bridgehead atoms. The van der Waals surface area contributed by atoms with Gasteiger partial charge in [-0.1, -0.05) is 12.1 Å². The molecule has 1 saturated heterocycles. The lowest BCUT2D eigenvalue weighted by Gasteiger charge is -2.31. The minimum Gasteiger partial charge on any atom is -0.342 e. The molecule has 6 heteroatoms. The number of rotatable bonds is 4. The standard InChI is InChI=1S/C19H24N6/c1-24-17(22-23-19(24)13-8-9-13)12-25-10-4-5-14(11-25)18-20-15-6-2-3-7-16(15)21-18/h2-3,6-7,13-14H,4-5,8-12H2,1H3,(H,20,21)/t14-/m1/s1. The highest BCUT2D eigenvalue weighted by atomic mass is 15.3. The maximum absolute atomic E-state index is 4.82. The summed E-state index contributed by atoms with van der Waals surface area (Å²) in [5.41, 5.74) is 2.20. The molecular weight excluding hydrogens is 312 g/mol. The predicted octanol–water partition coefficient (Wildman–Crippen LogP) is 2.95. The van der Waals surface area contributed by atoms with Crippen LogP contribution in [0.2, 0.25) is 0 Å². The van der Waals surface area contributed by atoms with Gasteiger partial charge in [-0.05, 0) is 44.4 Å². The number of nitrogens with zero attached hydrogens (tertiary/aromatic N) is 5. The second kappa shape index (κ2) is 5.95. The zero-order valence-electron chi connectivity index (χ0n) is 14.6. The number of piperidine rings is 1. The molecule has 2 aliphatic rings. The lowest BCUT2D eigenvalue weighted by molar-refractivity contribution is 0.191. The number of fused-ring (bicyclic) bond motifs is 1. The van der Waals surface area contributed by atoms with Crippen LogP contribution in [0, 0.1) is 0 Å². The van der Waals surface area contributed by atoms with Crippen LogP contribution in [0.15, 0.2) is 24.3 Å². The molecule has 2 fully saturated rings. The largest absolute Gasteiger partial charge is 0.342 e. The maximum atomic E-state index is 4.82. The number of aromatic nitrogens is 5. The van der Waals surface area contributed by atoms with Crippen LogP contribution < -0.4 is 0 Å². The minimum atomic E-state index is 0.470. The summed E-state index contributed by atoms with van der Waals surface area (Å²) in [5.74, 6) is 4.50. The Bertz CT molecular complexity index is 857. The Balaban J connectivity index is 1.32. The van der Waals surface area contributed by atoms with E-state index in [0.717, 1.165) is 42.3 Å². The van der Waals surface area contributed by atoms with Crippen molar-refractivity contribution in [2.45, 2.75) is 44.1 Å². The van der Waals surface area contributed by atoms with Gasteiger partial charge in [0.25, 0.3) is 0 Å². The molecule has 1 atom stereocenters. The van der Waals surface area contributed by atoms with Crippen molar-refractivity contribution in [3.05, 3.63) is 41.7 Å². The number of imidazole rings is 1. The summed E-state index contributed by atoms with van der Waals surface area (Å²) in [4.78, 5) is 10.8. The zero-order chi connectivity index (χ0) is 16.8. The molecule has 130 valence electrons. The van der Waals surface area contributed by atoms with Gasteiger partial charge in [-0.2, -0.15) is 0 Å².